The molecule has 2 heterocycles. The van der Waals surface area contributed by atoms with Gasteiger partial charge in [0, 0.05) is 18.7 Å². The molecule has 1 aromatic heterocycles. The van der Waals surface area contributed by atoms with Crippen molar-refractivity contribution in [1.29, 1.82) is 0 Å². The molecular formula is C20H24F2N4O3S. The van der Waals surface area contributed by atoms with Gasteiger partial charge in [-0.3, -0.25) is 4.68 Å². The highest BCUT2D eigenvalue weighted by atomic mass is 32.2. The summed E-state index contributed by atoms with van der Waals surface area (Å²) < 4.78 is 57.5. The first-order valence-electron chi connectivity index (χ1n) is 10.3. The van der Waals surface area contributed by atoms with Crippen molar-refractivity contribution in [3.05, 3.63) is 40.2 Å². The molecule has 0 saturated carbocycles. The van der Waals surface area contributed by atoms with Crippen LogP contribution in [0.4, 0.5) is 14.5 Å². The van der Waals surface area contributed by atoms with Crippen LogP contribution in [0.25, 0.3) is 0 Å². The van der Waals surface area contributed by atoms with Gasteiger partial charge in [0.1, 0.15) is 10.6 Å². The van der Waals surface area contributed by atoms with Crippen LogP contribution in [0.15, 0.2) is 17.2 Å². The molecule has 1 atom stereocenters. The Balaban J connectivity index is 1.43. The predicted octanol–water partition coefficient (Wildman–Crippen LogP) is 2.41. The fraction of sp³-hybridized carbons (Fsp3) is 0.550. The predicted molar refractivity (Wildman–Crippen MR) is 106 cm³/mol. The molecule has 2 aromatic rings. The van der Waals surface area contributed by atoms with Gasteiger partial charge in [-0.2, -0.15) is 18.6 Å². The zero-order chi connectivity index (χ0) is 21.1. The van der Waals surface area contributed by atoms with Gasteiger partial charge in [-0.1, -0.05) is 6.07 Å². The van der Waals surface area contributed by atoms with E-state index in [1.807, 2.05) is 0 Å². The number of sulfonamides is 1. The van der Waals surface area contributed by atoms with Crippen molar-refractivity contribution in [1.82, 2.24) is 14.5 Å². The SMILES string of the molecule is O=S(=O)(NC(O)Nc1c2c(cc3c1CCC3)CCC2)c1cnn2c1C(F)(F)CCC2. The Bertz CT molecular complexity index is 1080. The highest BCUT2D eigenvalue weighted by Gasteiger charge is 2.44. The van der Waals surface area contributed by atoms with Crippen molar-refractivity contribution in [2.24, 2.45) is 0 Å². The van der Waals surface area contributed by atoms with E-state index in [2.05, 4.69) is 21.2 Å². The fourth-order valence-corrected chi connectivity index (χ4v) is 6.21. The summed E-state index contributed by atoms with van der Waals surface area (Å²) in [6, 6.07) is 2.23. The molecule has 0 saturated heterocycles. The van der Waals surface area contributed by atoms with Gasteiger partial charge in [0.05, 0.1) is 6.20 Å². The molecule has 3 aliphatic rings. The summed E-state index contributed by atoms with van der Waals surface area (Å²) in [5.41, 5.74) is 4.87. The molecule has 0 bridgehead atoms. The van der Waals surface area contributed by atoms with Gasteiger partial charge in [-0.15, -0.1) is 0 Å². The molecule has 0 radical (unpaired) electrons. The lowest BCUT2D eigenvalue weighted by molar-refractivity contribution is -0.0394. The molecule has 2 aliphatic carbocycles. The Morgan fingerprint density at radius 2 is 1.77 bits per heavy atom. The standard InChI is InChI=1S/C20H24F2N4O3S/c21-20(22)8-3-9-26-18(20)16(11-23-26)30(28,29)25-19(27)24-17-14-6-1-4-12(14)10-13-5-2-7-15(13)17/h10-11,19,24-25,27H,1-9H2. The maximum absolute atomic E-state index is 14.4. The van der Waals surface area contributed by atoms with Crippen molar-refractivity contribution in [3.8, 4) is 0 Å². The van der Waals surface area contributed by atoms with Gasteiger partial charge in [-0.05, 0) is 67.2 Å². The monoisotopic (exact) mass is 438 g/mol. The summed E-state index contributed by atoms with van der Waals surface area (Å²) in [6.45, 7) is 0.240. The topological polar surface area (TPSA) is 96.2 Å². The molecule has 0 spiro atoms. The van der Waals surface area contributed by atoms with E-state index in [4.69, 9.17) is 0 Å². The third-order valence-electron chi connectivity index (χ3n) is 6.32. The molecule has 162 valence electrons. The Morgan fingerprint density at radius 3 is 2.43 bits per heavy atom. The van der Waals surface area contributed by atoms with Crippen LogP contribution in [-0.2, 0) is 48.2 Å². The van der Waals surface area contributed by atoms with E-state index in [1.165, 1.54) is 11.1 Å². The smallest absolute Gasteiger partial charge is 0.290 e. The second kappa shape index (κ2) is 7.00. The fourth-order valence-electron chi connectivity index (χ4n) is 5.04. The zero-order valence-electron chi connectivity index (χ0n) is 16.4. The summed E-state index contributed by atoms with van der Waals surface area (Å²) in [7, 11) is -4.40. The van der Waals surface area contributed by atoms with Gasteiger partial charge in [-0.25, -0.2) is 8.42 Å². The van der Waals surface area contributed by atoms with Crippen molar-refractivity contribution in [2.45, 2.75) is 75.1 Å². The first-order valence-corrected chi connectivity index (χ1v) is 11.8. The second-order valence-electron chi connectivity index (χ2n) is 8.29. The number of alkyl halides is 2. The van der Waals surface area contributed by atoms with E-state index in [9.17, 15) is 22.3 Å². The van der Waals surface area contributed by atoms with Crippen molar-refractivity contribution >= 4 is 15.7 Å². The number of anilines is 1. The number of halogens is 2. The summed E-state index contributed by atoms with van der Waals surface area (Å²) in [6.07, 6.45) is 4.81. The van der Waals surface area contributed by atoms with E-state index in [1.54, 1.807) is 0 Å². The van der Waals surface area contributed by atoms with Crippen LogP contribution in [0.5, 0.6) is 0 Å². The van der Waals surface area contributed by atoms with Gasteiger partial charge < -0.3 is 10.4 Å². The summed E-state index contributed by atoms with van der Waals surface area (Å²) in [4.78, 5) is -0.587. The molecule has 1 aromatic carbocycles. The van der Waals surface area contributed by atoms with Crippen LogP contribution >= 0.6 is 0 Å². The molecule has 3 N–H and O–H groups in total. The first kappa shape index (κ1) is 19.9. The number of aromatic nitrogens is 2. The van der Waals surface area contributed by atoms with Crippen LogP contribution in [0, 0.1) is 0 Å². The van der Waals surface area contributed by atoms with E-state index in [0.29, 0.717) is 0 Å². The van der Waals surface area contributed by atoms with Crippen molar-refractivity contribution in [3.63, 3.8) is 0 Å². The third-order valence-corrected chi connectivity index (χ3v) is 7.73. The molecule has 5 rings (SSSR count). The number of hydrogen-bond acceptors (Lipinski definition) is 5. The first-order chi connectivity index (χ1) is 14.3. The number of fused-ring (bicyclic) bond motifs is 3. The number of aliphatic hydroxyl groups is 1. The number of benzene rings is 1. The van der Waals surface area contributed by atoms with Crippen LogP contribution < -0.4 is 10.0 Å². The maximum atomic E-state index is 14.4. The molecule has 7 nitrogen and oxygen atoms in total. The van der Waals surface area contributed by atoms with Gasteiger partial charge >= 0.3 is 0 Å². The largest absolute Gasteiger partial charge is 0.360 e. The van der Waals surface area contributed by atoms with Crippen LogP contribution in [0.3, 0.4) is 0 Å². The molecule has 10 heteroatoms. The Labute approximate surface area is 173 Å². The normalized spacial score (nSPS) is 20.5. The zero-order valence-corrected chi connectivity index (χ0v) is 17.2. The highest BCUT2D eigenvalue weighted by molar-refractivity contribution is 7.89. The maximum Gasteiger partial charge on any atom is 0.290 e. The lowest BCUT2D eigenvalue weighted by Gasteiger charge is -2.25. The summed E-state index contributed by atoms with van der Waals surface area (Å²) in [5, 5.41) is 17.2. The van der Waals surface area contributed by atoms with Crippen LogP contribution in [0.2, 0.25) is 0 Å². The van der Waals surface area contributed by atoms with Gasteiger partial charge in [0.25, 0.3) is 5.92 Å². The average molecular weight is 439 g/mol. The number of aliphatic hydroxyl groups excluding tert-OH is 1. The Morgan fingerprint density at radius 1 is 1.10 bits per heavy atom. The molecule has 1 aliphatic heterocycles. The van der Waals surface area contributed by atoms with Crippen LogP contribution in [-0.4, -0.2) is 29.7 Å². The number of nitrogens with zero attached hydrogens (tertiary/aromatic N) is 2. The second-order valence-corrected chi connectivity index (χ2v) is 9.97. The van der Waals surface area contributed by atoms with Crippen molar-refractivity contribution in [2.75, 3.05) is 5.32 Å². The number of aryl methyl sites for hydroxylation is 3. The lowest BCUT2D eigenvalue weighted by Crippen LogP contribution is -2.41. The highest BCUT2D eigenvalue weighted by Crippen LogP contribution is 2.41. The third kappa shape index (κ3) is 3.21. The summed E-state index contributed by atoms with van der Waals surface area (Å²) in [5.74, 6) is -3.28. The quantitative estimate of drug-likeness (QED) is 0.623. The molecule has 0 fully saturated rings. The minimum absolute atomic E-state index is 0.225. The minimum Gasteiger partial charge on any atom is -0.360 e. The lowest BCUT2D eigenvalue weighted by atomic mass is 9.99. The number of rotatable bonds is 5. The van der Waals surface area contributed by atoms with E-state index in [-0.39, 0.29) is 13.0 Å². The van der Waals surface area contributed by atoms with E-state index in [0.717, 1.165) is 66.2 Å². The number of hydrogen-bond donors (Lipinski definition) is 3. The van der Waals surface area contributed by atoms with Gasteiger partial charge in [0.15, 0.2) is 6.35 Å². The van der Waals surface area contributed by atoms with Crippen LogP contribution in [0.1, 0.15) is 53.6 Å². The van der Waals surface area contributed by atoms with E-state index < -0.39 is 39.3 Å². The molecule has 30 heavy (non-hydrogen) atoms. The minimum atomic E-state index is -4.40. The van der Waals surface area contributed by atoms with Gasteiger partial charge in [0.2, 0.25) is 10.0 Å². The molecule has 0 amide bonds. The Kier molecular flexibility index (Phi) is 4.64. The van der Waals surface area contributed by atoms with Crippen molar-refractivity contribution < 1.29 is 22.3 Å². The average Bonchev–Trinajstić information content (AvgIpc) is 3.39. The summed E-state index contributed by atoms with van der Waals surface area (Å²) >= 11 is 0. The Hall–Kier alpha value is -2.04. The number of nitrogens with one attached hydrogen (secondary N) is 2. The molecule has 1 unspecified atom stereocenters. The van der Waals surface area contributed by atoms with E-state index >= 15 is 0 Å². The molecular weight excluding hydrogens is 414 g/mol.